The van der Waals surface area contributed by atoms with Crippen LogP contribution < -0.4 is 21.8 Å². The molecule has 0 saturated carbocycles. The van der Waals surface area contributed by atoms with Crippen molar-refractivity contribution in [2.75, 3.05) is 13.2 Å². The molecule has 36 heavy (non-hydrogen) atoms. The Morgan fingerprint density at radius 2 is 1.42 bits per heavy atom. The van der Waals surface area contributed by atoms with Gasteiger partial charge in [-0.3, -0.25) is 9.59 Å². The van der Waals surface area contributed by atoms with Crippen molar-refractivity contribution in [1.82, 2.24) is 16.0 Å². The molecule has 1 aliphatic carbocycles. The largest absolute Gasteiger partial charge is 0.480 e. The second-order valence-corrected chi connectivity index (χ2v) is 8.48. The van der Waals surface area contributed by atoms with Crippen LogP contribution in [0.1, 0.15) is 37.3 Å². The van der Waals surface area contributed by atoms with E-state index in [9.17, 15) is 24.3 Å². The smallest absolute Gasteiger partial charge is 0.407 e. The Labute approximate surface area is 208 Å². The molecule has 2 aromatic rings. The molecule has 11 heteroatoms. The highest BCUT2D eigenvalue weighted by molar-refractivity contribution is 5.92. The number of carbonyl (C=O) groups excluding carboxylic acids is 3. The number of fused-ring (bicyclic) bond motifs is 3. The summed E-state index contributed by atoms with van der Waals surface area (Å²) in [5, 5.41) is 16.4. The first-order valence-electron chi connectivity index (χ1n) is 11.5. The fraction of sp³-hybridized carbons (Fsp3) is 0.360. The summed E-state index contributed by atoms with van der Waals surface area (Å²) in [5.41, 5.74) is 4.33. The molecule has 0 heterocycles. The van der Waals surface area contributed by atoms with Crippen molar-refractivity contribution in [2.45, 2.75) is 44.3 Å². The van der Waals surface area contributed by atoms with E-state index in [1.54, 1.807) is 0 Å². The van der Waals surface area contributed by atoms with Crippen molar-refractivity contribution in [3.63, 3.8) is 0 Å². The quantitative estimate of drug-likeness (QED) is 0.289. The lowest BCUT2D eigenvalue weighted by atomic mass is 9.98. The molecule has 0 spiro atoms. The molecule has 192 valence electrons. The summed E-state index contributed by atoms with van der Waals surface area (Å²) in [7, 11) is 0. The van der Waals surface area contributed by atoms with Gasteiger partial charge in [-0.05, 0) is 36.1 Å². The van der Waals surface area contributed by atoms with Gasteiger partial charge in [0.05, 0.1) is 6.61 Å². The van der Waals surface area contributed by atoms with Crippen LogP contribution in [0.2, 0.25) is 0 Å². The van der Waals surface area contributed by atoms with Crippen LogP contribution in [-0.2, 0) is 24.0 Å². The maximum absolute atomic E-state index is 12.5. The minimum atomic E-state index is -1.26. The SMILES string of the molecule is C[C@H](NC(=O)OCC1c2ccccc2-c2ccccc21)C(=O)N[C@@H](C)C(=O)N[C@@H](CCON)C(=O)O. The zero-order valence-corrected chi connectivity index (χ0v) is 20.0. The number of alkyl carbamates (subject to hydrolysis) is 1. The number of carboxylic acids is 1. The number of benzene rings is 2. The number of hydrogen-bond donors (Lipinski definition) is 5. The molecule has 0 unspecified atom stereocenters. The molecule has 2 aromatic carbocycles. The molecule has 0 fully saturated rings. The zero-order valence-electron chi connectivity index (χ0n) is 20.0. The fourth-order valence-corrected chi connectivity index (χ4v) is 4.03. The first-order valence-corrected chi connectivity index (χ1v) is 11.5. The molecular formula is C25H30N4O7. The number of nitrogens with one attached hydrogen (secondary N) is 3. The Morgan fingerprint density at radius 1 is 0.889 bits per heavy atom. The van der Waals surface area contributed by atoms with Crippen LogP contribution in [0.25, 0.3) is 11.1 Å². The van der Waals surface area contributed by atoms with Gasteiger partial charge in [-0.2, -0.15) is 0 Å². The van der Waals surface area contributed by atoms with Crippen LogP contribution in [0, 0.1) is 0 Å². The molecule has 11 nitrogen and oxygen atoms in total. The van der Waals surface area contributed by atoms with Crippen LogP contribution >= 0.6 is 0 Å². The Morgan fingerprint density at radius 3 is 1.97 bits per heavy atom. The lowest BCUT2D eigenvalue weighted by Crippen LogP contribution is -2.54. The van der Waals surface area contributed by atoms with E-state index >= 15 is 0 Å². The molecule has 0 saturated heterocycles. The number of rotatable bonds is 11. The van der Waals surface area contributed by atoms with E-state index in [2.05, 4.69) is 20.8 Å². The maximum atomic E-state index is 12.5. The first kappa shape index (κ1) is 26.6. The van der Waals surface area contributed by atoms with Crippen molar-refractivity contribution < 1.29 is 33.9 Å². The van der Waals surface area contributed by atoms with Gasteiger partial charge in [-0.15, -0.1) is 0 Å². The third kappa shape index (κ3) is 6.37. The summed E-state index contributed by atoms with van der Waals surface area (Å²) in [6.07, 6.45) is -0.817. The number of carbonyl (C=O) groups is 4. The highest BCUT2D eigenvalue weighted by atomic mass is 16.6. The average Bonchev–Trinajstić information content (AvgIpc) is 3.18. The molecule has 0 bridgehead atoms. The van der Waals surface area contributed by atoms with Crippen LogP contribution in [0.5, 0.6) is 0 Å². The lowest BCUT2D eigenvalue weighted by molar-refractivity contribution is -0.142. The Hall–Kier alpha value is -3.96. The van der Waals surface area contributed by atoms with Crippen LogP contribution in [0.4, 0.5) is 4.79 Å². The van der Waals surface area contributed by atoms with Gasteiger partial charge in [0.25, 0.3) is 0 Å². The van der Waals surface area contributed by atoms with Gasteiger partial charge < -0.3 is 30.6 Å². The number of amides is 3. The number of aliphatic carboxylic acids is 1. The predicted octanol–water partition coefficient (Wildman–Crippen LogP) is 1.27. The van der Waals surface area contributed by atoms with E-state index in [-0.39, 0.29) is 25.6 Å². The van der Waals surface area contributed by atoms with Crippen molar-refractivity contribution in [2.24, 2.45) is 5.90 Å². The molecule has 3 amide bonds. The molecule has 6 N–H and O–H groups in total. The third-order valence-corrected chi connectivity index (χ3v) is 5.96. The molecule has 1 aliphatic rings. The molecule has 3 atom stereocenters. The van der Waals surface area contributed by atoms with E-state index in [4.69, 9.17) is 10.6 Å². The van der Waals surface area contributed by atoms with Gasteiger partial charge in [0.1, 0.15) is 24.7 Å². The van der Waals surface area contributed by atoms with E-state index in [0.29, 0.717) is 0 Å². The van der Waals surface area contributed by atoms with E-state index < -0.39 is 42.0 Å². The van der Waals surface area contributed by atoms with E-state index in [1.807, 2.05) is 48.5 Å². The minimum absolute atomic E-state index is 0.0437. The van der Waals surface area contributed by atoms with Gasteiger partial charge >= 0.3 is 12.1 Å². The van der Waals surface area contributed by atoms with Gasteiger partial charge in [-0.1, -0.05) is 48.5 Å². The maximum Gasteiger partial charge on any atom is 0.407 e. The van der Waals surface area contributed by atoms with Crippen LogP contribution in [-0.4, -0.2) is 60.3 Å². The topological polar surface area (TPSA) is 169 Å². The van der Waals surface area contributed by atoms with Crippen molar-refractivity contribution in [3.05, 3.63) is 59.7 Å². The van der Waals surface area contributed by atoms with Crippen LogP contribution in [0.15, 0.2) is 48.5 Å². The number of nitrogens with two attached hydrogens (primary N) is 1. The highest BCUT2D eigenvalue weighted by Crippen LogP contribution is 2.44. The normalized spacial score (nSPS) is 14.5. The molecule has 0 radical (unpaired) electrons. The zero-order chi connectivity index (χ0) is 26.2. The monoisotopic (exact) mass is 498 g/mol. The molecular weight excluding hydrogens is 468 g/mol. The average molecular weight is 499 g/mol. The number of hydrogen-bond acceptors (Lipinski definition) is 7. The summed E-state index contributed by atoms with van der Waals surface area (Å²) in [6.45, 7) is 2.86. The second-order valence-electron chi connectivity index (χ2n) is 8.48. The Balaban J connectivity index is 1.50. The summed E-state index contributed by atoms with van der Waals surface area (Å²) >= 11 is 0. The minimum Gasteiger partial charge on any atom is -0.480 e. The number of carboxylic acid groups (broad SMARTS) is 1. The second kappa shape index (κ2) is 12.1. The fourth-order valence-electron chi connectivity index (χ4n) is 4.03. The first-order chi connectivity index (χ1) is 17.2. The van der Waals surface area contributed by atoms with Crippen LogP contribution in [0.3, 0.4) is 0 Å². The van der Waals surface area contributed by atoms with Gasteiger partial charge in [0.15, 0.2) is 0 Å². The number of ether oxygens (including phenoxy) is 1. The summed E-state index contributed by atoms with van der Waals surface area (Å²) < 4.78 is 5.43. The van der Waals surface area contributed by atoms with Crippen molar-refractivity contribution in [1.29, 1.82) is 0 Å². The Kier molecular flexibility index (Phi) is 8.98. The van der Waals surface area contributed by atoms with Gasteiger partial charge in [0.2, 0.25) is 11.8 Å². The summed E-state index contributed by atoms with van der Waals surface area (Å²) in [6, 6.07) is 12.6. The highest BCUT2D eigenvalue weighted by Gasteiger charge is 2.30. The van der Waals surface area contributed by atoms with Gasteiger partial charge in [-0.25, -0.2) is 15.5 Å². The van der Waals surface area contributed by atoms with E-state index in [1.165, 1.54) is 13.8 Å². The standard InChI is InChI=1S/C25H30N4O7/c1-14(23(31)29-21(24(32)33)11-12-36-26)27-22(30)15(2)28-25(34)35-13-20-18-9-5-3-7-16(18)17-8-4-6-10-19(17)20/h3-10,14-15,20-21H,11-13,26H2,1-2H3,(H,27,30)(H,28,34)(H,29,31)(H,32,33)/t14-,15-,21-/m0/s1. The third-order valence-electron chi connectivity index (χ3n) is 5.96. The molecule has 3 rings (SSSR count). The van der Waals surface area contributed by atoms with Crippen molar-refractivity contribution in [3.8, 4) is 11.1 Å². The Bertz CT molecular complexity index is 1080. The lowest BCUT2D eigenvalue weighted by Gasteiger charge is -2.21. The molecule has 0 aromatic heterocycles. The van der Waals surface area contributed by atoms with Gasteiger partial charge in [0, 0.05) is 12.3 Å². The predicted molar refractivity (Wildman–Crippen MR) is 130 cm³/mol. The molecule has 0 aliphatic heterocycles. The summed E-state index contributed by atoms with van der Waals surface area (Å²) in [4.78, 5) is 52.7. The summed E-state index contributed by atoms with van der Waals surface area (Å²) in [5.74, 6) is 2.17. The van der Waals surface area contributed by atoms with Crippen molar-refractivity contribution >= 4 is 23.9 Å². The van der Waals surface area contributed by atoms with E-state index in [0.717, 1.165) is 22.3 Å².